The van der Waals surface area contributed by atoms with E-state index < -0.39 is 47.7 Å². The third-order valence-corrected chi connectivity index (χ3v) is 8.57. The Bertz CT molecular complexity index is 582. The van der Waals surface area contributed by atoms with Crippen molar-refractivity contribution < 1.29 is 26.9 Å². The van der Waals surface area contributed by atoms with Gasteiger partial charge in [0.15, 0.2) is 33.3 Å². The molecule has 3 atom stereocenters. The van der Waals surface area contributed by atoms with Gasteiger partial charge >= 0.3 is 0 Å². The van der Waals surface area contributed by atoms with Gasteiger partial charge in [0, 0.05) is 0 Å². The largest absolute Gasteiger partial charge is 0.520 e. The lowest BCUT2D eigenvalue weighted by Gasteiger charge is -2.42. The summed E-state index contributed by atoms with van der Waals surface area (Å²) in [6, 6.07) is 0. The molecule has 11 heteroatoms. The highest BCUT2D eigenvalue weighted by atomic mass is 28.4. The summed E-state index contributed by atoms with van der Waals surface area (Å²) in [5.41, 5.74) is 0. The van der Waals surface area contributed by atoms with E-state index in [0.717, 1.165) is 0 Å². The summed E-state index contributed by atoms with van der Waals surface area (Å²) in [4.78, 5) is 12.9. The van der Waals surface area contributed by atoms with E-state index in [1.807, 2.05) is 19.6 Å². The first-order valence-electron chi connectivity index (χ1n) is 11.8. The Hall–Kier alpha value is 0.394. The highest BCUT2D eigenvalue weighted by Gasteiger charge is 2.41. The van der Waals surface area contributed by atoms with Crippen molar-refractivity contribution in [2.45, 2.75) is 123 Å². The third kappa shape index (κ3) is 17.8. The maximum absolute atomic E-state index is 12.9. The van der Waals surface area contributed by atoms with Crippen LogP contribution in [0.2, 0.25) is 98.2 Å². The van der Waals surface area contributed by atoms with Crippen molar-refractivity contribution in [3.63, 3.8) is 0 Å². The number of carbonyl (C=O) groups excluding carboxylic acids is 1. The Morgan fingerprint density at radius 1 is 0.562 bits per heavy atom. The minimum absolute atomic E-state index is 0.169. The zero-order chi connectivity index (χ0) is 25.8. The SMILES string of the molecule is C[Si](C)(C)OCC(O[Si](C)(C)C)C(O[Si](C)(C)C)C(CC(=O)O[Si](C)(C)C)O[Si](C)(C)C. The molecule has 0 aromatic carbocycles. The van der Waals surface area contributed by atoms with E-state index in [9.17, 15) is 4.79 Å². The van der Waals surface area contributed by atoms with Gasteiger partial charge < -0.3 is 22.1 Å². The van der Waals surface area contributed by atoms with Crippen molar-refractivity contribution >= 4 is 47.6 Å². The van der Waals surface area contributed by atoms with Gasteiger partial charge in [-0.15, -0.1) is 0 Å². The van der Waals surface area contributed by atoms with Crippen molar-refractivity contribution in [2.75, 3.05) is 6.61 Å². The maximum atomic E-state index is 12.9. The highest BCUT2D eigenvalue weighted by Crippen LogP contribution is 2.27. The van der Waals surface area contributed by atoms with Crippen molar-refractivity contribution in [2.24, 2.45) is 0 Å². The Balaban J connectivity index is 6.22. The summed E-state index contributed by atoms with van der Waals surface area (Å²) in [5.74, 6) is -0.213. The standard InChI is InChI=1S/C21H52O6Si5/c1-28(2,3)23-17-19(25-30(7,8)9)21(27-32(13,14)15)18(24-29(4,5)6)16-20(22)26-31(10,11)12/h18-19,21H,16-17H2,1-15H3. The molecule has 32 heavy (non-hydrogen) atoms. The predicted octanol–water partition coefficient (Wildman–Crippen LogP) is 6.27. The van der Waals surface area contributed by atoms with Crippen molar-refractivity contribution in [1.29, 1.82) is 0 Å². The molecule has 0 aromatic rings. The van der Waals surface area contributed by atoms with E-state index in [4.69, 9.17) is 22.1 Å². The number of hydrogen-bond donors (Lipinski definition) is 0. The minimum Gasteiger partial charge on any atom is -0.520 e. The summed E-state index contributed by atoms with van der Waals surface area (Å²) in [7, 11) is -9.67. The second-order valence-corrected chi connectivity index (χ2v) is 35.8. The molecule has 0 aliphatic rings. The molecule has 0 spiro atoms. The van der Waals surface area contributed by atoms with E-state index in [2.05, 4.69) is 78.6 Å². The van der Waals surface area contributed by atoms with Gasteiger partial charge in [-0.3, -0.25) is 4.79 Å². The van der Waals surface area contributed by atoms with Crippen LogP contribution in [0, 0.1) is 0 Å². The van der Waals surface area contributed by atoms with Crippen LogP contribution < -0.4 is 0 Å². The van der Waals surface area contributed by atoms with E-state index in [1.54, 1.807) is 0 Å². The van der Waals surface area contributed by atoms with Crippen LogP contribution in [0.15, 0.2) is 0 Å². The molecule has 0 saturated heterocycles. The number of rotatable bonds is 14. The second kappa shape index (κ2) is 11.9. The van der Waals surface area contributed by atoms with Crippen LogP contribution in [0.4, 0.5) is 0 Å². The lowest BCUT2D eigenvalue weighted by Crippen LogP contribution is -2.55. The molecule has 0 radical (unpaired) electrons. The highest BCUT2D eigenvalue weighted by molar-refractivity contribution is 6.72. The van der Waals surface area contributed by atoms with Gasteiger partial charge in [-0.25, -0.2) is 0 Å². The van der Waals surface area contributed by atoms with Crippen LogP contribution in [0.25, 0.3) is 0 Å². The van der Waals surface area contributed by atoms with Gasteiger partial charge in [0.2, 0.25) is 8.32 Å². The molecule has 0 aliphatic carbocycles. The van der Waals surface area contributed by atoms with Crippen LogP contribution in [0.1, 0.15) is 6.42 Å². The van der Waals surface area contributed by atoms with Gasteiger partial charge in [0.25, 0.3) is 5.97 Å². The molecule has 0 rings (SSSR count). The first-order valence-corrected chi connectivity index (χ1v) is 28.8. The molecular formula is C21H52O6Si5. The summed E-state index contributed by atoms with van der Waals surface area (Å²) in [5, 5.41) is 0. The second-order valence-electron chi connectivity index (χ2n) is 13.4. The minimum atomic E-state index is -2.00. The van der Waals surface area contributed by atoms with Gasteiger partial charge in [0.05, 0.1) is 31.3 Å². The van der Waals surface area contributed by atoms with Crippen LogP contribution in [0.3, 0.4) is 0 Å². The number of hydrogen-bond acceptors (Lipinski definition) is 6. The fourth-order valence-electron chi connectivity index (χ4n) is 3.01. The lowest BCUT2D eigenvalue weighted by atomic mass is 10.1. The quantitative estimate of drug-likeness (QED) is 0.242. The molecule has 0 N–H and O–H groups in total. The molecule has 0 fully saturated rings. The molecule has 3 unspecified atom stereocenters. The van der Waals surface area contributed by atoms with Crippen LogP contribution in [0.5, 0.6) is 0 Å². The van der Waals surface area contributed by atoms with Gasteiger partial charge in [-0.2, -0.15) is 0 Å². The predicted molar refractivity (Wildman–Crippen MR) is 148 cm³/mol. The lowest BCUT2D eigenvalue weighted by molar-refractivity contribution is -0.140. The Kier molecular flexibility index (Phi) is 12.0. The van der Waals surface area contributed by atoms with Crippen LogP contribution >= 0.6 is 0 Å². The fourth-order valence-corrected chi connectivity index (χ4v) is 7.79. The monoisotopic (exact) mass is 540 g/mol. The fraction of sp³-hybridized carbons (Fsp3) is 0.952. The molecule has 0 aliphatic heterocycles. The summed E-state index contributed by atoms with van der Waals surface area (Å²) in [6.07, 6.45) is -0.932. The molecule has 0 amide bonds. The zero-order valence-corrected chi connectivity index (χ0v) is 28.6. The van der Waals surface area contributed by atoms with Crippen molar-refractivity contribution in [1.82, 2.24) is 0 Å². The third-order valence-electron chi connectivity index (χ3n) is 3.70. The maximum Gasteiger partial charge on any atom is 0.295 e. The van der Waals surface area contributed by atoms with E-state index in [0.29, 0.717) is 6.61 Å². The van der Waals surface area contributed by atoms with Gasteiger partial charge in [-0.05, 0) is 98.2 Å². The van der Waals surface area contributed by atoms with Crippen LogP contribution in [-0.2, 0) is 26.9 Å². The average molecular weight is 541 g/mol. The molecule has 192 valence electrons. The van der Waals surface area contributed by atoms with Crippen molar-refractivity contribution in [3.8, 4) is 0 Å². The Morgan fingerprint density at radius 2 is 0.969 bits per heavy atom. The molecule has 0 aromatic heterocycles. The summed E-state index contributed by atoms with van der Waals surface area (Å²) < 4.78 is 32.1. The smallest absolute Gasteiger partial charge is 0.295 e. The average Bonchev–Trinajstić information content (AvgIpc) is 2.42. The molecule has 0 heterocycles. The Morgan fingerprint density at radius 3 is 1.31 bits per heavy atom. The normalized spacial score (nSPS) is 17.1. The van der Waals surface area contributed by atoms with E-state index >= 15 is 0 Å². The van der Waals surface area contributed by atoms with Gasteiger partial charge in [0.1, 0.15) is 0 Å². The topological polar surface area (TPSA) is 63.2 Å². The van der Waals surface area contributed by atoms with Gasteiger partial charge in [-0.1, -0.05) is 0 Å². The van der Waals surface area contributed by atoms with Crippen molar-refractivity contribution in [3.05, 3.63) is 0 Å². The number of carbonyl (C=O) groups is 1. The molecular weight excluding hydrogens is 489 g/mol. The van der Waals surface area contributed by atoms with Crippen LogP contribution in [-0.4, -0.2) is 72.5 Å². The molecule has 0 saturated carbocycles. The Labute approximate surface area is 203 Å². The first-order chi connectivity index (χ1) is 13.9. The molecule has 6 nitrogen and oxygen atoms in total. The molecule has 0 bridgehead atoms. The summed E-state index contributed by atoms with van der Waals surface area (Å²) in [6.45, 7) is 32.5. The van der Waals surface area contributed by atoms with E-state index in [-0.39, 0.29) is 24.6 Å². The zero-order valence-electron chi connectivity index (χ0n) is 23.6. The summed E-state index contributed by atoms with van der Waals surface area (Å²) >= 11 is 0. The van der Waals surface area contributed by atoms with E-state index in [1.165, 1.54) is 0 Å². The first kappa shape index (κ1) is 32.4.